The third-order valence-electron chi connectivity index (χ3n) is 2.94. The lowest BCUT2D eigenvalue weighted by Crippen LogP contribution is -2.26. The number of hydrogen-bond acceptors (Lipinski definition) is 2. The third-order valence-corrected chi connectivity index (χ3v) is 4.12. The molecule has 2 rings (SSSR count). The Balaban J connectivity index is 2.24. The van der Waals surface area contributed by atoms with Gasteiger partial charge >= 0.3 is 0 Å². The average molecular weight is 329 g/mol. The number of halogens is 2. The van der Waals surface area contributed by atoms with E-state index in [0.717, 1.165) is 17.8 Å². The van der Waals surface area contributed by atoms with Crippen molar-refractivity contribution < 1.29 is 4.79 Å². The van der Waals surface area contributed by atoms with Gasteiger partial charge in [0.15, 0.2) is 5.78 Å². The van der Waals surface area contributed by atoms with E-state index < -0.39 is 0 Å². The molecule has 0 heterocycles. The Morgan fingerprint density at radius 2 is 1.83 bits per heavy atom. The van der Waals surface area contributed by atoms with Crippen LogP contribution in [0.4, 0.5) is 5.69 Å². The van der Waals surface area contributed by atoms with Crippen LogP contribution < -0.4 is 5.32 Å². The van der Waals surface area contributed by atoms with Crippen LogP contribution in [0.1, 0.15) is 26.7 Å². The minimum absolute atomic E-state index is 0.00309. The molecule has 1 aliphatic rings. The molecule has 0 saturated carbocycles. The molecule has 2 nitrogen and oxygen atoms in total. The second-order valence-corrected chi connectivity index (χ2v) is 6.59. The Kier molecular flexibility index (Phi) is 3.83. The first-order chi connectivity index (χ1) is 8.37. The zero-order valence-electron chi connectivity index (χ0n) is 10.4. The van der Waals surface area contributed by atoms with Crippen molar-refractivity contribution in [2.75, 3.05) is 5.32 Å². The molecule has 0 radical (unpaired) electrons. The number of nitrogens with one attached hydrogen (secondary N) is 1. The summed E-state index contributed by atoms with van der Waals surface area (Å²) < 4.78 is 0.664. The van der Waals surface area contributed by atoms with Gasteiger partial charge in [-0.2, -0.15) is 0 Å². The fourth-order valence-corrected chi connectivity index (χ4v) is 2.61. The van der Waals surface area contributed by atoms with Gasteiger partial charge in [0.25, 0.3) is 0 Å². The molecule has 0 fully saturated rings. The van der Waals surface area contributed by atoms with E-state index in [1.165, 1.54) is 0 Å². The predicted molar refractivity (Wildman–Crippen MR) is 79.0 cm³/mol. The van der Waals surface area contributed by atoms with Gasteiger partial charge in [0, 0.05) is 22.8 Å². The van der Waals surface area contributed by atoms with Gasteiger partial charge in [0.2, 0.25) is 0 Å². The van der Waals surface area contributed by atoms with Crippen molar-refractivity contribution in [1.82, 2.24) is 0 Å². The quantitative estimate of drug-likeness (QED) is 0.849. The van der Waals surface area contributed by atoms with E-state index in [1.807, 2.05) is 24.3 Å². The number of carbonyl (C=O) groups is 1. The van der Waals surface area contributed by atoms with Gasteiger partial charge in [0.1, 0.15) is 0 Å². The molecule has 18 heavy (non-hydrogen) atoms. The first-order valence-corrected chi connectivity index (χ1v) is 6.99. The Morgan fingerprint density at radius 3 is 2.44 bits per heavy atom. The number of hydrogen-bond donors (Lipinski definition) is 1. The van der Waals surface area contributed by atoms with E-state index >= 15 is 0 Å². The Hall–Kier alpha value is -0.800. The first-order valence-electron chi connectivity index (χ1n) is 5.82. The second-order valence-electron chi connectivity index (χ2n) is 5.37. The minimum Gasteiger partial charge on any atom is -0.358 e. The SMILES string of the molecule is CC1(C)CC(=O)C(Br)=C(Nc2ccc(Cl)cc2)C1. The van der Waals surface area contributed by atoms with Gasteiger partial charge in [0.05, 0.1) is 4.48 Å². The molecule has 0 aliphatic heterocycles. The van der Waals surface area contributed by atoms with Gasteiger partial charge in [-0.1, -0.05) is 25.4 Å². The molecule has 0 bridgehead atoms. The normalized spacial score (nSPS) is 19.0. The Labute approximate surface area is 121 Å². The van der Waals surface area contributed by atoms with Gasteiger partial charge in [-0.25, -0.2) is 0 Å². The molecule has 1 aromatic carbocycles. The van der Waals surface area contributed by atoms with Crippen molar-refractivity contribution in [1.29, 1.82) is 0 Å². The molecule has 0 unspecified atom stereocenters. The highest BCUT2D eigenvalue weighted by Gasteiger charge is 2.31. The first kappa shape index (κ1) is 13.6. The number of allylic oxidation sites excluding steroid dienone is 2. The van der Waals surface area contributed by atoms with E-state index in [4.69, 9.17) is 11.6 Å². The highest BCUT2D eigenvalue weighted by atomic mass is 79.9. The van der Waals surface area contributed by atoms with Crippen LogP contribution in [0.5, 0.6) is 0 Å². The van der Waals surface area contributed by atoms with E-state index in [1.54, 1.807) is 0 Å². The van der Waals surface area contributed by atoms with Crippen LogP contribution in [-0.4, -0.2) is 5.78 Å². The summed E-state index contributed by atoms with van der Waals surface area (Å²) in [5.74, 6) is 0.155. The van der Waals surface area contributed by atoms with Crippen molar-refractivity contribution in [2.24, 2.45) is 5.41 Å². The summed E-state index contributed by atoms with van der Waals surface area (Å²) in [6, 6.07) is 7.46. The lowest BCUT2D eigenvalue weighted by Gasteiger charge is -2.31. The van der Waals surface area contributed by atoms with Crippen LogP contribution >= 0.6 is 27.5 Å². The van der Waals surface area contributed by atoms with Crippen LogP contribution in [0.15, 0.2) is 34.4 Å². The van der Waals surface area contributed by atoms with Crippen molar-refractivity contribution in [3.05, 3.63) is 39.5 Å². The summed E-state index contributed by atoms with van der Waals surface area (Å²) in [7, 11) is 0. The van der Waals surface area contributed by atoms with Crippen LogP contribution in [0.3, 0.4) is 0 Å². The zero-order chi connectivity index (χ0) is 13.3. The van der Waals surface area contributed by atoms with E-state index in [0.29, 0.717) is 15.9 Å². The summed E-state index contributed by atoms with van der Waals surface area (Å²) in [5, 5.41) is 4.00. The summed E-state index contributed by atoms with van der Waals surface area (Å²) in [6.45, 7) is 4.21. The van der Waals surface area contributed by atoms with E-state index in [-0.39, 0.29) is 11.2 Å². The number of carbonyl (C=O) groups excluding carboxylic acids is 1. The lowest BCUT2D eigenvalue weighted by atomic mass is 9.79. The predicted octanol–water partition coefficient (Wildman–Crippen LogP) is 4.75. The largest absolute Gasteiger partial charge is 0.358 e. The Morgan fingerprint density at radius 1 is 1.22 bits per heavy atom. The maximum atomic E-state index is 11.9. The van der Waals surface area contributed by atoms with Crippen LogP contribution in [-0.2, 0) is 4.79 Å². The summed E-state index contributed by atoms with van der Waals surface area (Å²) in [5.41, 5.74) is 1.89. The Bertz CT molecular complexity index is 505. The molecule has 0 spiro atoms. The van der Waals surface area contributed by atoms with Crippen molar-refractivity contribution in [3.63, 3.8) is 0 Å². The second kappa shape index (κ2) is 5.06. The monoisotopic (exact) mass is 327 g/mol. The fraction of sp³-hybridized carbons (Fsp3) is 0.357. The minimum atomic E-state index is 0.00309. The molecule has 4 heteroatoms. The summed E-state index contributed by atoms with van der Waals surface area (Å²) in [4.78, 5) is 11.9. The highest BCUT2D eigenvalue weighted by molar-refractivity contribution is 9.12. The lowest BCUT2D eigenvalue weighted by molar-refractivity contribution is -0.117. The number of Topliss-reactive ketones (excluding diaryl/α,β-unsaturated/α-hetero) is 1. The topological polar surface area (TPSA) is 29.1 Å². The highest BCUT2D eigenvalue weighted by Crippen LogP contribution is 2.39. The van der Waals surface area contributed by atoms with E-state index in [2.05, 4.69) is 35.1 Å². The number of anilines is 1. The zero-order valence-corrected chi connectivity index (χ0v) is 12.7. The summed E-state index contributed by atoms with van der Waals surface area (Å²) in [6.07, 6.45) is 1.43. The molecular weight excluding hydrogens is 314 g/mol. The van der Waals surface area contributed by atoms with Crippen molar-refractivity contribution in [3.8, 4) is 0 Å². The van der Waals surface area contributed by atoms with Crippen LogP contribution in [0.25, 0.3) is 0 Å². The van der Waals surface area contributed by atoms with Crippen LogP contribution in [0, 0.1) is 5.41 Å². The number of benzene rings is 1. The maximum absolute atomic E-state index is 11.9. The van der Waals surface area contributed by atoms with Crippen molar-refractivity contribution >= 4 is 39.0 Å². The fourth-order valence-electron chi connectivity index (χ4n) is 2.11. The molecule has 0 atom stereocenters. The van der Waals surface area contributed by atoms with Gasteiger partial charge in [-0.3, -0.25) is 4.79 Å². The van der Waals surface area contributed by atoms with E-state index in [9.17, 15) is 4.79 Å². The summed E-state index contributed by atoms with van der Waals surface area (Å²) >= 11 is 9.23. The number of rotatable bonds is 2. The molecule has 96 valence electrons. The average Bonchev–Trinajstić information content (AvgIpc) is 2.27. The molecule has 0 aromatic heterocycles. The van der Waals surface area contributed by atoms with Gasteiger partial charge in [-0.05, 0) is 52.0 Å². The molecule has 1 aromatic rings. The maximum Gasteiger partial charge on any atom is 0.172 e. The smallest absolute Gasteiger partial charge is 0.172 e. The molecule has 0 saturated heterocycles. The van der Waals surface area contributed by atoms with Crippen molar-refractivity contribution in [2.45, 2.75) is 26.7 Å². The third kappa shape index (κ3) is 3.15. The van der Waals surface area contributed by atoms with Gasteiger partial charge in [-0.15, -0.1) is 0 Å². The molecular formula is C14H15BrClNO. The standard InChI is InChI=1S/C14H15BrClNO/c1-14(2)7-11(13(15)12(18)8-14)17-10-5-3-9(16)4-6-10/h3-6,17H,7-8H2,1-2H3. The number of ketones is 1. The van der Waals surface area contributed by atoms with Gasteiger partial charge < -0.3 is 5.32 Å². The molecule has 1 N–H and O–H groups in total. The van der Waals surface area contributed by atoms with Crippen LogP contribution in [0.2, 0.25) is 5.02 Å². The molecule has 0 amide bonds. The molecule has 1 aliphatic carbocycles.